The first kappa shape index (κ1) is 18.4. The standard InChI is InChI=1S/C20H21ClN4OS/c1-15-3-2-4-18(13-15)25-19(16-5-7-17(21)8-6-16)22-24(20(25)27)14-23-9-11-26-12-10-23/h2-8,13H,9-12,14H2,1H3. The van der Waals surface area contributed by atoms with Gasteiger partial charge in [-0.15, -0.1) is 5.10 Å². The molecule has 27 heavy (non-hydrogen) atoms. The maximum atomic E-state index is 6.07. The molecule has 0 saturated carbocycles. The average molecular weight is 401 g/mol. The van der Waals surface area contributed by atoms with Crippen LogP contribution in [0.1, 0.15) is 5.56 Å². The second-order valence-corrected chi connectivity index (χ2v) is 7.46. The molecule has 4 rings (SSSR count). The maximum absolute atomic E-state index is 6.07. The van der Waals surface area contributed by atoms with E-state index in [-0.39, 0.29) is 0 Å². The molecule has 0 radical (unpaired) electrons. The first-order valence-electron chi connectivity index (χ1n) is 8.95. The highest BCUT2D eigenvalue weighted by molar-refractivity contribution is 7.71. The van der Waals surface area contributed by atoms with E-state index in [0.29, 0.717) is 16.5 Å². The van der Waals surface area contributed by atoms with E-state index in [1.807, 2.05) is 39.6 Å². The molecule has 1 fully saturated rings. The predicted octanol–water partition coefficient (Wildman–Crippen LogP) is 4.32. The molecule has 2 aromatic carbocycles. The summed E-state index contributed by atoms with van der Waals surface area (Å²) in [5.41, 5.74) is 3.17. The monoisotopic (exact) mass is 400 g/mol. The van der Waals surface area contributed by atoms with Gasteiger partial charge in [-0.3, -0.25) is 9.47 Å². The third kappa shape index (κ3) is 3.99. The molecular formula is C20H21ClN4OS. The van der Waals surface area contributed by atoms with E-state index in [9.17, 15) is 0 Å². The van der Waals surface area contributed by atoms with Crippen LogP contribution in [-0.4, -0.2) is 45.6 Å². The minimum atomic E-state index is 0.654. The van der Waals surface area contributed by atoms with Crippen LogP contribution >= 0.6 is 23.8 Å². The fourth-order valence-corrected chi connectivity index (χ4v) is 3.63. The molecule has 0 N–H and O–H groups in total. The van der Waals surface area contributed by atoms with Crippen LogP contribution in [0.3, 0.4) is 0 Å². The van der Waals surface area contributed by atoms with E-state index in [4.69, 9.17) is 33.7 Å². The first-order chi connectivity index (χ1) is 13.1. The Morgan fingerprint density at radius 1 is 1.11 bits per heavy atom. The molecule has 7 heteroatoms. The Balaban J connectivity index is 1.81. The molecule has 0 unspecified atom stereocenters. The highest BCUT2D eigenvalue weighted by Gasteiger charge is 2.18. The number of aromatic nitrogens is 3. The summed E-state index contributed by atoms with van der Waals surface area (Å²) in [4.78, 5) is 2.30. The molecule has 1 aliphatic rings. The summed E-state index contributed by atoms with van der Waals surface area (Å²) in [6.07, 6.45) is 0. The van der Waals surface area contributed by atoms with E-state index in [0.717, 1.165) is 43.4 Å². The second-order valence-electron chi connectivity index (χ2n) is 6.66. The van der Waals surface area contributed by atoms with Gasteiger partial charge in [0.2, 0.25) is 4.77 Å². The Morgan fingerprint density at radius 3 is 2.56 bits per heavy atom. The number of halogens is 1. The lowest BCUT2D eigenvalue weighted by Gasteiger charge is -2.26. The van der Waals surface area contributed by atoms with Crippen molar-refractivity contribution in [1.82, 2.24) is 19.2 Å². The van der Waals surface area contributed by atoms with Gasteiger partial charge in [-0.1, -0.05) is 23.7 Å². The number of ether oxygens (including phenoxy) is 1. The van der Waals surface area contributed by atoms with E-state index in [2.05, 4.69) is 30.0 Å². The Labute approximate surface area is 168 Å². The van der Waals surface area contributed by atoms with Crippen molar-refractivity contribution in [3.8, 4) is 17.1 Å². The summed E-state index contributed by atoms with van der Waals surface area (Å²) in [6.45, 7) is 5.99. The molecule has 1 aromatic heterocycles. The van der Waals surface area contributed by atoms with Crippen molar-refractivity contribution in [2.75, 3.05) is 26.3 Å². The van der Waals surface area contributed by atoms with E-state index < -0.39 is 0 Å². The molecule has 5 nitrogen and oxygen atoms in total. The molecule has 1 aliphatic heterocycles. The highest BCUT2D eigenvalue weighted by Crippen LogP contribution is 2.25. The number of morpholine rings is 1. The smallest absolute Gasteiger partial charge is 0.204 e. The molecule has 2 heterocycles. The topological polar surface area (TPSA) is 35.2 Å². The third-order valence-corrected chi connectivity index (χ3v) is 5.28. The summed E-state index contributed by atoms with van der Waals surface area (Å²) in [7, 11) is 0. The molecule has 0 aliphatic carbocycles. The second kappa shape index (κ2) is 7.94. The molecule has 0 atom stereocenters. The van der Waals surface area contributed by atoms with Gasteiger partial charge in [0, 0.05) is 23.7 Å². The molecule has 0 amide bonds. The van der Waals surface area contributed by atoms with Crippen molar-refractivity contribution in [2.45, 2.75) is 13.6 Å². The van der Waals surface area contributed by atoms with Crippen LogP contribution in [-0.2, 0) is 11.4 Å². The van der Waals surface area contributed by atoms with Crippen LogP contribution in [0.2, 0.25) is 5.02 Å². The Hall–Kier alpha value is -1.99. The summed E-state index contributed by atoms with van der Waals surface area (Å²) in [5.74, 6) is 0.815. The zero-order chi connectivity index (χ0) is 18.8. The van der Waals surface area contributed by atoms with Gasteiger partial charge in [0.15, 0.2) is 5.82 Å². The van der Waals surface area contributed by atoms with E-state index in [1.165, 1.54) is 5.56 Å². The number of aryl methyl sites for hydroxylation is 1. The van der Waals surface area contributed by atoms with Crippen LogP contribution in [0.5, 0.6) is 0 Å². The van der Waals surface area contributed by atoms with E-state index >= 15 is 0 Å². The van der Waals surface area contributed by atoms with Gasteiger partial charge in [0.05, 0.1) is 25.6 Å². The van der Waals surface area contributed by atoms with Crippen molar-refractivity contribution >= 4 is 23.8 Å². The Kier molecular flexibility index (Phi) is 5.41. The molecular weight excluding hydrogens is 380 g/mol. The minimum Gasteiger partial charge on any atom is -0.379 e. The zero-order valence-electron chi connectivity index (χ0n) is 15.1. The van der Waals surface area contributed by atoms with Crippen molar-refractivity contribution in [3.05, 3.63) is 63.9 Å². The summed E-state index contributed by atoms with van der Waals surface area (Å²) in [5, 5.41) is 5.56. The quantitative estimate of drug-likeness (QED) is 0.611. The van der Waals surface area contributed by atoms with Crippen LogP contribution in [0.4, 0.5) is 0 Å². The first-order valence-corrected chi connectivity index (χ1v) is 9.73. The number of benzene rings is 2. The zero-order valence-corrected chi connectivity index (χ0v) is 16.7. The lowest BCUT2D eigenvalue weighted by Crippen LogP contribution is -2.37. The van der Waals surface area contributed by atoms with Crippen molar-refractivity contribution in [1.29, 1.82) is 0 Å². The average Bonchev–Trinajstić information content (AvgIpc) is 2.99. The van der Waals surface area contributed by atoms with Gasteiger partial charge in [-0.25, -0.2) is 4.68 Å². The molecule has 140 valence electrons. The Morgan fingerprint density at radius 2 is 1.85 bits per heavy atom. The van der Waals surface area contributed by atoms with Crippen LogP contribution in [0.15, 0.2) is 48.5 Å². The van der Waals surface area contributed by atoms with Gasteiger partial charge in [-0.05, 0) is 61.1 Å². The van der Waals surface area contributed by atoms with Gasteiger partial charge in [0.1, 0.15) is 0 Å². The van der Waals surface area contributed by atoms with E-state index in [1.54, 1.807) is 0 Å². The summed E-state index contributed by atoms with van der Waals surface area (Å²) < 4.78 is 10.1. The normalized spacial score (nSPS) is 15.2. The summed E-state index contributed by atoms with van der Waals surface area (Å²) >= 11 is 11.9. The number of nitrogens with zero attached hydrogens (tertiary/aromatic N) is 4. The Bertz CT molecular complexity index is 990. The molecule has 0 spiro atoms. The van der Waals surface area contributed by atoms with Crippen molar-refractivity contribution in [2.24, 2.45) is 0 Å². The highest BCUT2D eigenvalue weighted by atomic mass is 35.5. The fourth-order valence-electron chi connectivity index (χ4n) is 3.22. The molecule has 1 saturated heterocycles. The lowest BCUT2D eigenvalue weighted by molar-refractivity contribution is 0.0210. The number of hydrogen-bond acceptors (Lipinski definition) is 4. The largest absolute Gasteiger partial charge is 0.379 e. The summed E-state index contributed by atoms with van der Waals surface area (Å²) in [6, 6.07) is 16.0. The van der Waals surface area contributed by atoms with Crippen molar-refractivity contribution < 1.29 is 4.74 Å². The van der Waals surface area contributed by atoms with Crippen LogP contribution in [0.25, 0.3) is 17.1 Å². The predicted molar refractivity (Wildman–Crippen MR) is 110 cm³/mol. The minimum absolute atomic E-state index is 0.654. The van der Waals surface area contributed by atoms with Gasteiger partial charge in [0.25, 0.3) is 0 Å². The SMILES string of the molecule is Cc1cccc(-n2c(-c3ccc(Cl)cc3)nn(CN3CCOCC3)c2=S)c1. The van der Waals surface area contributed by atoms with Gasteiger partial charge >= 0.3 is 0 Å². The third-order valence-electron chi connectivity index (χ3n) is 4.64. The number of rotatable bonds is 4. The fraction of sp³-hybridized carbons (Fsp3) is 0.300. The van der Waals surface area contributed by atoms with Gasteiger partial charge < -0.3 is 4.74 Å². The van der Waals surface area contributed by atoms with Crippen molar-refractivity contribution in [3.63, 3.8) is 0 Å². The van der Waals surface area contributed by atoms with Crippen LogP contribution in [0, 0.1) is 11.7 Å². The molecule has 3 aromatic rings. The number of hydrogen-bond donors (Lipinski definition) is 0. The van der Waals surface area contributed by atoms with Gasteiger partial charge in [-0.2, -0.15) is 0 Å². The van der Waals surface area contributed by atoms with Crippen LogP contribution < -0.4 is 0 Å². The molecule has 0 bridgehead atoms. The maximum Gasteiger partial charge on any atom is 0.204 e. The lowest BCUT2D eigenvalue weighted by atomic mass is 10.2.